The second-order valence-corrected chi connectivity index (χ2v) is 6.88. The Morgan fingerprint density at radius 2 is 2.04 bits per heavy atom. The normalized spacial score (nSPS) is 18.2. The van der Waals surface area contributed by atoms with E-state index >= 15 is 0 Å². The van der Waals surface area contributed by atoms with Crippen LogP contribution in [0, 0.1) is 5.82 Å². The Bertz CT molecular complexity index is 842. The number of amidine groups is 1. The van der Waals surface area contributed by atoms with Gasteiger partial charge in [0.15, 0.2) is 5.17 Å². The fourth-order valence-corrected chi connectivity index (χ4v) is 3.35. The van der Waals surface area contributed by atoms with E-state index < -0.39 is 5.25 Å². The van der Waals surface area contributed by atoms with Crippen molar-refractivity contribution in [2.75, 3.05) is 5.32 Å². The molecule has 0 unspecified atom stereocenters. The van der Waals surface area contributed by atoms with Gasteiger partial charge in [0.2, 0.25) is 11.8 Å². The maximum Gasteiger partial charge on any atom is 0.240 e. The zero-order valence-electron chi connectivity index (χ0n) is 12.8. The predicted octanol–water partition coefficient (Wildman–Crippen LogP) is 3.73. The second-order valence-electron chi connectivity index (χ2n) is 5.25. The summed E-state index contributed by atoms with van der Waals surface area (Å²) < 4.78 is 12.9. The number of benzene rings is 2. The SMILES string of the molecule is O=C(C[C@@H]1SC(=Nc2ccc(F)cc2)NC1=O)Nc1cccc(Cl)c1. The van der Waals surface area contributed by atoms with Crippen molar-refractivity contribution in [1.82, 2.24) is 5.32 Å². The Balaban J connectivity index is 1.61. The third-order valence-corrected chi connectivity index (χ3v) is 4.63. The van der Waals surface area contributed by atoms with Crippen LogP contribution in [0.25, 0.3) is 0 Å². The standard InChI is InChI=1S/C17H13ClFN3O2S/c18-10-2-1-3-13(8-10)20-15(23)9-14-16(24)22-17(25-14)21-12-6-4-11(19)5-7-12/h1-8,14H,9H2,(H,20,23)(H,21,22,24)/t14-/m0/s1. The number of hydrogen-bond donors (Lipinski definition) is 2. The molecular formula is C17H13ClFN3O2S. The number of amides is 2. The lowest BCUT2D eigenvalue weighted by molar-refractivity contribution is -0.122. The number of nitrogens with zero attached hydrogens (tertiary/aromatic N) is 1. The van der Waals surface area contributed by atoms with Gasteiger partial charge in [0.25, 0.3) is 0 Å². The van der Waals surface area contributed by atoms with Gasteiger partial charge in [-0.3, -0.25) is 9.59 Å². The van der Waals surface area contributed by atoms with E-state index in [1.165, 1.54) is 36.0 Å². The summed E-state index contributed by atoms with van der Waals surface area (Å²) in [6, 6.07) is 12.4. The van der Waals surface area contributed by atoms with E-state index in [9.17, 15) is 14.0 Å². The van der Waals surface area contributed by atoms with Gasteiger partial charge in [-0.2, -0.15) is 0 Å². The number of carbonyl (C=O) groups is 2. The maximum atomic E-state index is 12.9. The summed E-state index contributed by atoms with van der Waals surface area (Å²) in [6.07, 6.45) is 0.00541. The molecule has 0 aromatic heterocycles. The Morgan fingerprint density at radius 3 is 2.76 bits per heavy atom. The average molecular weight is 378 g/mol. The summed E-state index contributed by atoms with van der Waals surface area (Å²) >= 11 is 7.04. The molecule has 0 radical (unpaired) electrons. The van der Waals surface area contributed by atoms with E-state index in [1.807, 2.05) is 0 Å². The van der Waals surface area contributed by atoms with Crippen LogP contribution in [-0.2, 0) is 9.59 Å². The monoisotopic (exact) mass is 377 g/mol. The lowest BCUT2D eigenvalue weighted by atomic mass is 10.2. The molecule has 0 bridgehead atoms. The molecule has 1 aliphatic heterocycles. The van der Waals surface area contributed by atoms with Crippen LogP contribution >= 0.6 is 23.4 Å². The van der Waals surface area contributed by atoms with Crippen LogP contribution in [0.15, 0.2) is 53.5 Å². The third-order valence-electron chi connectivity index (χ3n) is 3.31. The molecule has 2 aromatic carbocycles. The first-order valence-corrected chi connectivity index (χ1v) is 8.62. The Kier molecular flexibility index (Phi) is 5.35. The third kappa shape index (κ3) is 4.80. The van der Waals surface area contributed by atoms with Gasteiger partial charge in [-0.15, -0.1) is 0 Å². The minimum absolute atomic E-state index is 0.00541. The smallest absolute Gasteiger partial charge is 0.240 e. The van der Waals surface area contributed by atoms with Gasteiger partial charge < -0.3 is 10.6 Å². The minimum Gasteiger partial charge on any atom is -0.326 e. The Hall–Kier alpha value is -2.38. The van der Waals surface area contributed by atoms with Crippen LogP contribution in [0.2, 0.25) is 5.02 Å². The van der Waals surface area contributed by atoms with Crippen molar-refractivity contribution in [2.24, 2.45) is 4.99 Å². The molecule has 0 saturated carbocycles. The fourth-order valence-electron chi connectivity index (χ4n) is 2.17. The molecule has 3 rings (SSSR count). The van der Waals surface area contributed by atoms with Gasteiger partial charge in [-0.05, 0) is 42.5 Å². The number of thioether (sulfide) groups is 1. The molecule has 0 aliphatic carbocycles. The number of carbonyl (C=O) groups excluding carboxylic acids is 2. The zero-order valence-corrected chi connectivity index (χ0v) is 14.4. The predicted molar refractivity (Wildman–Crippen MR) is 97.7 cm³/mol. The van der Waals surface area contributed by atoms with Crippen LogP contribution in [-0.4, -0.2) is 22.2 Å². The Morgan fingerprint density at radius 1 is 1.28 bits per heavy atom. The van der Waals surface area contributed by atoms with Crippen molar-refractivity contribution in [3.63, 3.8) is 0 Å². The number of rotatable bonds is 4. The van der Waals surface area contributed by atoms with Gasteiger partial charge in [-0.1, -0.05) is 29.4 Å². The van der Waals surface area contributed by atoms with Crippen molar-refractivity contribution in [3.05, 3.63) is 59.4 Å². The largest absolute Gasteiger partial charge is 0.326 e. The quantitative estimate of drug-likeness (QED) is 0.852. The van der Waals surface area contributed by atoms with E-state index in [1.54, 1.807) is 24.3 Å². The first-order chi connectivity index (χ1) is 12.0. The highest BCUT2D eigenvalue weighted by molar-refractivity contribution is 8.15. The van der Waals surface area contributed by atoms with Crippen molar-refractivity contribution >= 4 is 51.7 Å². The molecule has 25 heavy (non-hydrogen) atoms. The molecular weight excluding hydrogens is 365 g/mol. The number of aliphatic imine (C=N–C) groups is 1. The maximum absolute atomic E-state index is 12.9. The number of anilines is 1. The molecule has 8 heteroatoms. The fraction of sp³-hybridized carbons (Fsp3) is 0.118. The second kappa shape index (κ2) is 7.67. The van der Waals surface area contributed by atoms with Crippen LogP contribution in [0.5, 0.6) is 0 Å². The molecule has 1 fully saturated rings. The summed E-state index contributed by atoms with van der Waals surface area (Å²) in [4.78, 5) is 28.3. The summed E-state index contributed by atoms with van der Waals surface area (Å²) in [5, 5.41) is 5.66. The van der Waals surface area contributed by atoms with Crippen LogP contribution in [0.3, 0.4) is 0 Å². The van der Waals surface area contributed by atoms with E-state index in [-0.39, 0.29) is 24.1 Å². The van der Waals surface area contributed by atoms with Gasteiger partial charge in [-0.25, -0.2) is 9.38 Å². The number of hydrogen-bond acceptors (Lipinski definition) is 4. The summed E-state index contributed by atoms with van der Waals surface area (Å²) in [5.41, 5.74) is 1.09. The summed E-state index contributed by atoms with van der Waals surface area (Å²) in [5.74, 6) is -0.937. The highest BCUT2D eigenvalue weighted by Gasteiger charge is 2.32. The molecule has 128 valence electrons. The van der Waals surface area contributed by atoms with Gasteiger partial charge in [0, 0.05) is 17.1 Å². The molecule has 2 aromatic rings. The average Bonchev–Trinajstić information content (AvgIpc) is 2.89. The zero-order chi connectivity index (χ0) is 17.8. The van der Waals surface area contributed by atoms with E-state index in [0.29, 0.717) is 21.6 Å². The molecule has 5 nitrogen and oxygen atoms in total. The lowest BCUT2D eigenvalue weighted by Gasteiger charge is -2.07. The van der Waals surface area contributed by atoms with Crippen molar-refractivity contribution in [2.45, 2.75) is 11.7 Å². The highest BCUT2D eigenvalue weighted by Crippen LogP contribution is 2.26. The van der Waals surface area contributed by atoms with Crippen LogP contribution in [0.1, 0.15) is 6.42 Å². The molecule has 2 amide bonds. The summed E-state index contributed by atoms with van der Waals surface area (Å²) in [6.45, 7) is 0. The van der Waals surface area contributed by atoms with E-state index in [2.05, 4.69) is 15.6 Å². The molecule has 1 atom stereocenters. The summed E-state index contributed by atoms with van der Waals surface area (Å²) in [7, 11) is 0. The Labute approximate surface area is 152 Å². The lowest BCUT2D eigenvalue weighted by Crippen LogP contribution is -2.28. The number of halogens is 2. The molecule has 1 saturated heterocycles. The van der Waals surface area contributed by atoms with Gasteiger partial charge in [0.1, 0.15) is 11.1 Å². The molecule has 1 aliphatic rings. The van der Waals surface area contributed by atoms with Crippen LogP contribution in [0.4, 0.5) is 15.8 Å². The van der Waals surface area contributed by atoms with Crippen molar-refractivity contribution in [3.8, 4) is 0 Å². The van der Waals surface area contributed by atoms with Gasteiger partial charge in [0.05, 0.1) is 5.69 Å². The number of nitrogens with one attached hydrogen (secondary N) is 2. The van der Waals surface area contributed by atoms with Crippen LogP contribution < -0.4 is 10.6 Å². The van der Waals surface area contributed by atoms with Gasteiger partial charge >= 0.3 is 0 Å². The van der Waals surface area contributed by atoms with E-state index in [4.69, 9.17) is 11.6 Å². The first-order valence-electron chi connectivity index (χ1n) is 7.37. The minimum atomic E-state index is -0.571. The topological polar surface area (TPSA) is 70.6 Å². The van der Waals surface area contributed by atoms with Crippen molar-refractivity contribution < 1.29 is 14.0 Å². The molecule has 1 heterocycles. The van der Waals surface area contributed by atoms with E-state index in [0.717, 1.165) is 0 Å². The first kappa shape index (κ1) is 17.4. The van der Waals surface area contributed by atoms with Crippen molar-refractivity contribution in [1.29, 1.82) is 0 Å². The highest BCUT2D eigenvalue weighted by atomic mass is 35.5. The molecule has 2 N–H and O–H groups in total. The molecule has 0 spiro atoms.